The summed E-state index contributed by atoms with van der Waals surface area (Å²) in [4.78, 5) is 0. The van der Waals surface area contributed by atoms with Crippen LogP contribution in [-0.2, 0) is 0 Å². The van der Waals surface area contributed by atoms with Crippen molar-refractivity contribution in [3.05, 3.63) is 47.1 Å². The number of benzene rings is 1. The number of anilines is 1. The van der Waals surface area contributed by atoms with E-state index in [4.69, 9.17) is 17.3 Å². The second-order valence-corrected chi connectivity index (χ2v) is 3.82. The highest BCUT2D eigenvalue weighted by Gasteiger charge is 2.12. The SMILES string of the molecule is CC(c1ccccc1)n1ncc(Cl)c1N. The fourth-order valence-electron chi connectivity index (χ4n) is 1.53. The Hall–Kier alpha value is -1.48. The van der Waals surface area contributed by atoms with E-state index in [9.17, 15) is 0 Å². The van der Waals surface area contributed by atoms with Gasteiger partial charge in [0.25, 0.3) is 0 Å². The molecule has 15 heavy (non-hydrogen) atoms. The highest BCUT2D eigenvalue weighted by molar-refractivity contribution is 6.32. The van der Waals surface area contributed by atoms with Crippen molar-refractivity contribution in [3.63, 3.8) is 0 Å². The lowest BCUT2D eigenvalue weighted by molar-refractivity contribution is 0.573. The highest BCUT2D eigenvalue weighted by Crippen LogP contribution is 2.24. The van der Waals surface area contributed by atoms with E-state index >= 15 is 0 Å². The fourth-order valence-corrected chi connectivity index (χ4v) is 1.66. The molecule has 2 rings (SSSR count). The normalized spacial score (nSPS) is 12.7. The van der Waals surface area contributed by atoms with Gasteiger partial charge in [-0.05, 0) is 12.5 Å². The monoisotopic (exact) mass is 221 g/mol. The van der Waals surface area contributed by atoms with E-state index in [0.29, 0.717) is 10.8 Å². The molecule has 0 fully saturated rings. The van der Waals surface area contributed by atoms with Crippen LogP contribution in [0.15, 0.2) is 36.5 Å². The summed E-state index contributed by atoms with van der Waals surface area (Å²) < 4.78 is 1.72. The Balaban J connectivity index is 2.37. The van der Waals surface area contributed by atoms with Gasteiger partial charge < -0.3 is 5.73 Å². The first-order valence-electron chi connectivity index (χ1n) is 4.73. The molecule has 3 nitrogen and oxygen atoms in total. The zero-order valence-electron chi connectivity index (χ0n) is 8.39. The van der Waals surface area contributed by atoms with Crippen LogP contribution < -0.4 is 5.73 Å². The molecule has 0 saturated carbocycles. The van der Waals surface area contributed by atoms with Crippen LogP contribution in [-0.4, -0.2) is 9.78 Å². The summed E-state index contributed by atoms with van der Waals surface area (Å²) in [5.41, 5.74) is 6.97. The van der Waals surface area contributed by atoms with Gasteiger partial charge in [0.1, 0.15) is 10.8 Å². The number of halogens is 1. The topological polar surface area (TPSA) is 43.8 Å². The lowest BCUT2D eigenvalue weighted by atomic mass is 10.1. The zero-order chi connectivity index (χ0) is 10.8. The molecule has 2 aromatic rings. The molecule has 0 saturated heterocycles. The fraction of sp³-hybridized carbons (Fsp3) is 0.182. The maximum absolute atomic E-state index is 5.85. The van der Waals surface area contributed by atoms with E-state index in [0.717, 1.165) is 5.56 Å². The molecule has 2 N–H and O–H groups in total. The first kappa shape index (κ1) is 10.1. The van der Waals surface area contributed by atoms with Crippen molar-refractivity contribution in [3.8, 4) is 0 Å². The molecular weight excluding hydrogens is 210 g/mol. The summed E-state index contributed by atoms with van der Waals surface area (Å²) in [5.74, 6) is 0.507. The Labute approximate surface area is 93.5 Å². The standard InChI is InChI=1S/C11H12ClN3/c1-8(9-5-3-2-4-6-9)15-11(13)10(12)7-14-15/h2-8H,13H2,1H3. The lowest BCUT2D eigenvalue weighted by Crippen LogP contribution is -2.11. The first-order chi connectivity index (χ1) is 7.20. The molecular formula is C11H12ClN3. The van der Waals surface area contributed by atoms with Crippen molar-refractivity contribution in [1.29, 1.82) is 0 Å². The third-order valence-corrected chi connectivity index (χ3v) is 2.73. The summed E-state index contributed by atoms with van der Waals surface area (Å²) in [5, 5.41) is 4.65. The number of aromatic nitrogens is 2. The number of hydrogen-bond acceptors (Lipinski definition) is 2. The third-order valence-electron chi connectivity index (χ3n) is 2.44. The van der Waals surface area contributed by atoms with E-state index < -0.39 is 0 Å². The van der Waals surface area contributed by atoms with E-state index in [1.54, 1.807) is 10.9 Å². The van der Waals surface area contributed by atoms with Crippen molar-refractivity contribution in [2.24, 2.45) is 0 Å². The maximum Gasteiger partial charge on any atom is 0.141 e. The molecule has 0 radical (unpaired) electrons. The Morgan fingerprint density at radius 1 is 1.33 bits per heavy atom. The Kier molecular flexibility index (Phi) is 2.64. The van der Waals surface area contributed by atoms with E-state index in [2.05, 4.69) is 5.10 Å². The van der Waals surface area contributed by atoms with Gasteiger partial charge in [-0.3, -0.25) is 0 Å². The molecule has 4 heteroatoms. The van der Waals surface area contributed by atoms with Gasteiger partial charge >= 0.3 is 0 Å². The molecule has 0 aliphatic heterocycles. The van der Waals surface area contributed by atoms with Crippen molar-refractivity contribution in [2.45, 2.75) is 13.0 Å². The predicted octanol–water partition coefficient (Wildman–Crippen LogP) is 2.73. The number of nitrogens with two attached hydrogens (primary N) is 1. The van der Waals surface area contributed by atoms with Gasteiger partial charge in [-0.25, -0.2) is 4.68 Å². The van der Waals surface area contributed by atoms with Crippen molar-refractivity contribution in [2.75, 3.05) is 5.73 Å². The molecule has 1 aromatic heterocycles. The Morgan fingerprint density at radius 2 is 2.00 bits per heavy atom. The van der Waals surface area contributed by atoms with Crippen LogP contribution >= 0.6 is 11.6 Å². The first-order valence-corrected chi connectivity index (χ1v) is 5.11. The highest BCUT2D eigenvalue weighted by atomic mass is 35.5. The van der Waals surface area contributed by atoms with Crippen LogP contribution in [0.2, 0.25) is 5.02 Å². The van der Waals surface area contributed by atoms with Gasteiger partial charge in [0.15, 0.2) is 0 Å². The number of rotatable bonds is 2. The number of nitrogens with zero attached hydrogens (tertiary/aromatic N) is 2. The van der Waals surface area contributed by atoms with Crippen molar-refractivity contribution in [1.82, 2.24) is 9.78 Å². The van der Waals surface area contributed by atoms with Crippen molar-refractivity contribution >= 4 is 17.4 Å². The molecule has 1 heterocycles. The van der Waals surface area contributed by atoms with Crippen LogP contribution in [0.4, 0.5) is 5.82 Å². The van der Waals surface area contributed by atoms with Gasteiger partial charge in [-0.15, -0.1) is 0 Å². The van der Waals surface area contributed by atoms with E-state index in [1.165, 1.54) is 0 Å². The molecule has 1 atom stereocenters. The van der Waals surface area contributed by atoms with Crippen molar-refractivity contribution < 1.29 is 0 Å². The zero-order valence-corrected chi connectivity index (χ0v) is 9.15. The average Bonchev–Trinajstić information content (AvgIpc) is 2.60. The molecule has 0 aliphatic carbocycles. The van der Waals surface area contributed by atoms with Crippen LogP contribution in [0.1, 0.15) is 18.5 Å². The quantitative estimate of drug-likeness (QED) is 0.848. The van der Waals surface area contributed by atoms with Gasteiger partial charge in [-0.2, -0.15) is 5.10 Å². The van der Waals surface area contributed by atoms with Gasteiger partial charge in [0, 0.05) is 0 Å². The van der Waals surface area contributed by atoms with E-state index in [-0.39, 0.29) is 6.04 Å². The Bertz CT molecular complexity index is 450. The molecule has 0 amide bonds. The Morgan fingerprint density at radius 3 is 2.53 bits per heavy atom. The van der Waals surface area contributed by atoms with Crippen LogP contribution in [0.25, 0.3) is 0 Å². The lowest BCUT2D eigenvalue weighted by Gasteiger charge is -2.13. The molecule has 1 aromatic carbocycles. The van der Waals surface area contributed by atoms with Gasteiger partial charge in [-0.1, -0.05) is 41.9 Å². The van der Waals surface area contributed by atoms with Crippen LogP contribution in [0, 0.1) is 0 Å². The second kappa shape index (κ2) is 3.95. The summed E-state index contributed by atoms with van der Waals surface area (Å²) in [7, 11) is 0. The second-order valence-electron chi connectivity index (χ2n) is 3.41. The minimum Gasteiger partial charge on any atom is -0.383 e. The van der Waals surface area contributed by atoms with E-state index in [1.807, 2.05) is 37.3 Å². The summed E-state index contributed by atoms with van der Waals surface area (Å²) in [6, 6.07) is 10.1. The molecule has 0 bridgehead atoms. The summed E-state index contributed by atoms with van der Waals surface area (Å²) >= 11 is 5.85. The molecule has 1 unspecified atom stereocenters. The third kappa shape index (κ3) is 1.83. The average molecular weight is 222 g/mol. The smallest absolute Gasteiger partial charge is 0.141 e. The van der Waals surface area contributed by atoms with Gasteiger partial charge in [0.05, 0.1) is 12.2 Å². The maximum atomic E-state index is 5.85. The summed E-state index contributed by atoms with van der Waals surface area (Å²) in [6.07, 6.45) is 1.57. The van der Waals surface area contributed by atoms with Crippen LogP contribution in [0.5, 0.6) is 0 Å². The molecule has 0 spiro atoms. The van der Waals surface area contributed by atoms with Gasteiger partial charge in [0.2, 0.25) is 0 Å². The minimum absolute atomic E-state index is 0.0960. The summed E-state index contributed by atoms with van der Waals surface area (Å²) in [6.45, 7) is 2.04. The minimum atomic E-state index is 0.0960. The number of nitrogen functional groups attached to an aromatic ring is 1. The predicted molar refractivity (Wildman–Crippen MR) is 61.9 cm³/mol. The number of hydrogen-bond donors (Lipinski definition) is 1. The van der Waals surface area contributed by atoms with Crippen LogP contribution in [0.3, 0.4) is 0 Å². The largest absolute Gasteiger partial charge is 0.383 e. The molecule has 78 valence electrons. The molecule has 0 aliphatic rings.